The second-order valence-electron chi connectivity index (χ2n) is 12.4. The molecule has 0 aliphatic rings. The highest BCUT2D eigenvalue weighted by molar-refractivity contribution is 4.53. The Morgan fingerprint density at radius 1 is 0.222 bits per heavy atom. The highest BCUT2D eigenvalue weighted by Crippen LogP contribution is 2.19. The smallest absolute Gasteiger partial charge is 0.0786 e. The van der Waals surface area contributed by atoms with Gasteiger partial charge in [-0.1, -0.05) is 169 Å². The van der Waals surface area contributed by atoms with Crippen molar-refractivity contribution in [2.45, 2.75) is 201 Å². The van der Waals surface area contributed by atoms with Gasteiger partial charge in [-0.25, -0.2) is 0 Å². The van der Waals surface area contributed by atoms with Gasteiger partial charge < -0.3 is 4.48 Å². The maximum atomic E-state index is 2.37. The van der Waals surface area contributed by atoms with Crippen molar-refractivity contribution in [3.8, 4) is 0 Å². The largest absolute Gasteiger partial charge is 0.324 e. The third-order valence-electron chi connectivity index (χ3n) is 8.69. The molecular formula is C35H74N+. The van der Waals surface area contributed by atoms with Crippen LogP contribution in [-0.4, -0.2) is 30.7 Å². The Balaban J connectivity index is 3.54. The van der Waals surface area contributed by atoms with Crippen LogP contribution in [0.5, 0.6) is 0 Å². The highest BCUT2D eigenvalue weighted by atomic mass is 15.3. The quantitative estimate of drug-likeness (QED) is 0.0645. The lowest BCUT2D eigenvalue weighted by Crippen LogP contribution is -2.50. The van der Waals surface area contributed by atoms with E-state index in [4.69, 9.17) is 0 Å². The lowest BCUT2D eigenvalue weighted by molar-refractivity contribution is -0.929. The van der Waals surface area contributed by atoms with Gasteiger partial charge in [-0.05, 0) is 32.1 Å². The molecule has 0 bridgehead atoms. The molecule has 0 N–H and O–H groups in total. The number of hydrogen-bond donors (Lipinski definition) is 0. The predicted molar refractivity (Wildman–Crippen MR) is 167 cm³/mol. The minimum atomic E-state index is 1.36. The first-order chi connectivity index (χ1) is 17.7. The van der Waals surface area contributed by atoms with Crippen molar-refractivity contribution in [3.63, 3.8) is 0 Å². The predicted octanol–water partition coefficient (Wildman–Crippen LogP) is 12.4. The van der Waals surface area contributed by atoms with Gasteiger partial charge >= 0.3 is 0 Å². The van der Waals surface area contributed by atoms with Crippen molar-refractivity contribution in [1.82, 2.24) is 0 Å². The molecule has 0 saturated carbocycles. The van der Waals surface area contributed by atoms with Gasteiger partial charge in [0.05, 0.1) is 26.2 Å². The molecule has 0 unspecified atom stereocenters. The lowest BCUT2D eigenvalue weighted by atomic mass is 10.0. The Morgan fingerprint density at radius 2 is 0.417 bits per heavy atom. The van der Waals surface area contributed by atoms with E-state index in [9.17, 15) is 0 Å². The molecule has 36 heavy (non-hydrogen) atoms. The van der Waals surface area contributed by atoms with E-state index >= 15 is 0 Å². The minimum Gasteiger partial charge on any atom is -0.324 e. The van der Waals surface area contributed by atoms with E-state index < -0.39 is 0 Å². The van der Waals surface area contributed by atoms with Gasteiger partial charge in [-0.3, -0.25) is 0 Å². The summed E-state index contributed by atoms with van der Waals surface area (Å²) in [5, 5.41) is 0. The van der Waals surface area contributed by atoms with Gasteiger partial charge in [0.2, 0.25) is 0 Å². The molecular weight excluding hydrogens is 434 g/mol. The second kappa shape index (κ2) is 29.5. The Hall–Kier alpha value is -0.0400. The molecule has 1 heteroatoms. The zero-order valence-electron chi connectivity index (χ0n) is 26.4. The van der Waals surface area contributed by atoms with Crippen LogP contribution in [0.1, 0.15) is 201 Å². The van der Waals surface area contributed by atoms with E-state index in [0.29, 0.717) is 0 Å². The minimum absolute atomic E-state index is 1.36. The van der Waals surface area contributed by atoms with Crippen molar-refractivity contribution in [3.05, 3.63) is 0 Å². The van der Waals surface area contributed by atoms with Gasteiger partial charge in [-0.15, -0.1) is 0 Å². The monoisotopic (exact) mass is 509 g/mol. The second-order valence-corrected chi connectivity index (χ2v) is 12.4. The molecule has 0 heterocycles. The summed E-state index contributed by atoms with van der Waals surface area (Å²) >= 11 is 0. The topological polar surface area (TPSA) is 0 Å². The fourth-order valence-corrected chi connectivity index (χ4v) is 6.03. The number of nitrogens with zero attached hydrogens (tertiary/aromatic N) is 1. The summed E-state index contributed by atoms with van der Waals surface area (Å²) < 4.78 is 1.44. The first-order valence-corrected chi connectivity index (χ1v) is 17.6. The van der Waals surface area contributed by atoms with Crippen LogP contribution in [0.2, 0.25) is 0 Å². The molecule has 0 aromatic carbocycles. The molecule has 0 fully saturated rings. The summed E-state index contributed by atoms with van der Waals surface area (Å²) in [4.78, 5) is 0. The fourth-order valence-electron chi connectivity index (χ4n) is 6.03. The average Bonchev–Trinajstić information content (AvgIpc) is 2.90. The van der Waals surface area contributed by atoms with E-state index in [-0.39, 0.29) is 0 Å². The zero-order chi connectivity index (χ0) is 26.4. The Morgan fingerprint density at radius 3 is 0.667 bits per heavy atom. The molecule has 0 aliphatic carbocycles. The van der Waals surface area contributed by atoms with Crippen molar-refractivity contribution in [1.29, 1.82) is 0 Å². The van der Waals surface area contributed by atoms with Gasteiger partial charge in [0.1, 0.15) is 0 Å². The van der Waals surface area contributed by atoms with Gasteiger partial charge in [0.15, 0.2) is 0 Å². The highest BCUT2D eigenvalue weighted by Gasteiger charge is 2.24. The standard InChI is InChI=1S/C35H74N/c1-5-9-13-14-15-16-17-18-19-20-21-22-23-24-25-26-27-28-29-30-31-35-36(32-10-6-2,33-11-7-3)34-12-8-4/h5-35H2,1-4H3/q+1. The van der Waals surface area contributed by atoms with Gasteiger partial charge in [0, 0.05) is 0 Å². The van der Waals surface area contributed by atoms with Crippen molar-refractivity contribution < 1.29 is 4.48 Å². The van der Waals surface area contributed by atoms with Crippen LogP contribution < -0.4 is 0 Å². The molecule has 218 valence electrons. The van der Waals surface area contributed by atoms with Gasteiger partial charge in [0.25, 0.3) is 0 Å². The average molecular weight is 509 g/mol. The first kappa shape index (κ1) is 36.0. The van der Waals surface area contributed by atoms with Crippen LogP contribution in [0.25, 0.3) is 0 Å². The maximum absolute atomic E-state index is 2.37. The zero-order valence-corrected chi connectivity index (χ0v) is 26.4. The molecule has 0 rings (SSSR count). The molecule has 0 atom stereocenters. The molecule has 0 amide bonds. The van der Waals surface area contributed by atoms with Crippen molar-refractivity contribution >= 4 is 0 Å². The number of quaternary nitrogens is 1. The Labute approximate surface area is 231 Å². The van der Waals surface area contributed by atoms with Crippen molar-refractivity contribution in [2.75, 3.05) is 26.2 Å². The fraction of sp³-hybridized carbons (Fsp3) is 1.00. The SMILES string of the molecule is CCCCCCCCCCCCCCCCCCCCCCC[N+](CCCC)(CCCC)CCCC. The maximum Gasteiger partial charge on any atom is 0.0786 e. The van der Waals surface area contributed by atoms with Crippen LogP contribution >= 0.6 is 0 Å². The van der Waals surface area contributed by atoms with E-state index in [1.54, 1.807) is 0 Å². The van der Waals surface area contributed by atoms with Gasteiger partial charge in [-0.2, -0.15) is 0 Å². The van der Waals surface area contributed by atoms with Crippen LogP contribution in [-0.2, 0) is 0 Å². The Kier molecular flexibility index (Phi) is 29.5. The molecule has 0 saturated heterocycles. The lowest BCUT2D eigenvalue weighted by Gasteiger charge is -2.39. The summed E-state index contributed by atoms with van der Waals surface area (Å²) in [6, 6.07) is 0. The third kappa shape index (κ3) is 24.3. The summed E-state index contributed by atoms with van der Waals surface area (Å²) in [5.41, 5.74) is 0. The normalized spacial score (nSPS) is 12.0. The van der Waals surface area contributed by atoms with E-state index in [1.807, 2.05) is 0 Å². The molecule has 0 aromatic rings. The Bertz CT molecular complexity index is 368. The van der Waals surface area contributed by atoms with E-state index in [1.165, 1.54) is 204 Å². The van der Waals surface area contributed by atoms with Crippen LogP contribution in [0.15, 0.2) is 0 Å². The molecule has 0 spiro atoms. The molecule has 1 nitrogen and oxygen atoms in total. The molecule has 0 radical (unpaired) electrons. The van der Waals surface area contributed by atoms with E-state index in [2.05, 4.69) is 27.7 Å². The van der Waals surface area contributed by atoms with Crippen molar-refractivity contribution in [2.24, 2.45) is 0 Å². The van der Waals surface area contributed by atoms with Crippen LogP contribution in [0, 0.1) is 0 Å². The first-order valence-electron chi connectivity index (χ1n) is 17.6. The molecule has 0 aliphatic heterocycles. The number of unbranched alkanes of at least 4 members (excludes halogenated alkanes) is 23. The summed E-state index contributed by atoms with van der Waals surface area (Å²) in [5.74, 6) is 0. The van der Waals surface area contributed by atoms with Crippen LogP contribution in [0.3, 0.4) is 0 Å². The summed E-state index contributed by atoms with van der Waals surface area (Å²) in [7, 11) is 0. The third-order valence-corrected chi connectivity index (χ3v) is 8.69. The number of hydrogen-bond acceptors (Lipinski definition) is 0. The summed E-state index contributed by atoms with van der Waals surface area (Å²) in [6.45, 7) is 15.2. The number of rotatable bonds is 31. The molecule has 0 aromatic heterocycles. The van der Waals surface area contributed by atoms with E-state index in [0.717, 1.165) is 0 Å². The van der Waals surface area contributed by atoms with Crippen LogP contribution in [0.4, 0.5) is 0 Å². The summed E-state index contributed by atoms with van der Waals surface area (Å²) in [6.07, 6.45) is 39.4.